The minimum atomic E-state index is -3.49. The van der Waals surface area contributed by atoms with Gasteiger partial charge in [-0.05, 0) is 36.2 Å². The van der Waals surface area contributed by atoms with Gasteiger partial charge >= 0.3 is 0 Å². The molecule has 1 fully saturated rings. The molecule has 1 saturated carbocycles. The lowest BCUT2D eigenvalue weighted by molar-refractivity contribution is -0.130. The largest absolute Gasteiger partial charge is 0.493 e. The highest BCUT2D eigenvalue weighted by atomic mass is 32.2. The fourth-order valence-corrected chi connectivity index (χ4v) is 4.52. The molecule has 160 valence electrons. The van der Waals surface area contributed by atoms with Crippen molar-refractivity contribution in [1.82, 2.24) is 9.73 Å². The summed E-state index contributed by atoms with van der Waals surface area (Å²) in [6, 6.07) is 6.47. The van der Waals surface area contributed by atoms with Crippen molar-refractivity contribution in [1.29, 1.82) is 0 Å². The maximum atomic E-state index is 13.8. The number of carbonyl (C=O) groups is 1. The summed E-state index contributed by atoms with van der Waals surface area (Å²) in [5.74, 6) is -2.98. The second-order valence-electron chi connectivity index (χ2n) is 7.65. The first-order valence-electron chi connectivity index (χ1n) is 9.45. The number of amides is 1. The van der Waals surface area contributed by atoms with Crippen LogP contribution in [0.4, 0.5) is 8.78 Å². The number of nitrogens with zero attached hydrogens (tertiary/aromatic N) is 2. The maximum Gasteiger partial charge on any atom is 0.248 e. The molecule has 1 aromatic rings. The van der Waals surface area contributed by atoms with Crippen molar-refractivity contribution in [2.45, 2.75) is 44.1 Å². The topological polar surface area (TPSA) is 88.1 Å². The Kier molecular flexibility index (Phi) is 6.23. The Labute approximate surface area is 169 Å². The van der Waals surface area contributed by atoms with Gasteiger partial charge in [0.2, 0.25) is 21.9 Å². The van der Waals surface area contributed by atoms with Crippen molar-refractivity contribution >= 4 is 21.6 Å². The lowest BCUT2D eigenvalue weighted by Crippen LogP contribution is -2.48. The number of rotatable bonds is 6. The van der Waals surface area contributed by atoms with Crippen LogP contribution in [0.2, 0.25) is 0 Å². The van der Waals surface area contributed by atoms with Crippen LogP contribution < -0.4 is 9.46 Å². The summed E-state index contributed by atoms with van der Waals surface area (Å²) in [4.78, 5) is 11.5. The van der Waals surface area contributed by atoms with Crippen molar-refractivity contribution in [2.75, 3.05) is 19.9 Å². The van der Waals surface area contributed by atoms with Gasteiger partial charge in [0.25, 0.3) is 0 Å². The first-order chi connectivity index (χ1) is 13.5. The normalized spacial score (nSPS) is 24.9. The Morgan fingerprint density at radius 2 is 1.97 bits per heavy atom. The van der Waals surface area contributed by atoms with Crippen molar-refractivity contribution in [2.24, 2.45) is 11.0 Å². The van der Waals surface area contributed by atoms with E-state index in [1.165, 1.54) is 5.01 Å². The molecule has 1 amide bonds. The lowest BCUT2D eigenvalue weighted by Gasteiger charge is -2.35. The second kappa shape index (κ2) is 8.35. The first kappa shape index (κ1) is 21.6. The first-order valence-corrected chi connectivity index (χ1v) is 11.3. The predicted octanol–water partition coefficient (Wildman–Crippen LogP) is 2.37. The van der Waals surface area contributed by atoms with Crippen LogP contribution in [0.25, 0.3) is 0 Å². The number of hydrogen-bond donors (Lipinski definition) is 1. The number of hydrogen-bond acceptors (Lipinski definition) is 5. The molecule has 0 spiro atoms. The summed E-state index contributed by atoms with van der Waals surface area (Å²) in [5.41, 5.74) is 1.65. The van der Waals surface area contributed by atoms with Gasteiger partial charge in [-0.15, -0.1) is 0 Å². The zero-order chi connectivity index (χ0) is 21.2. The molecule has 0 radical (unpaired) electrons. The van der Waals surface area contributed by atoms with Crippen molar-refractivity contribution in [3.63, 3.8) is 0 Å². The molecule has 1 N–H and O–H groups in total. The van der Waals surface area contributed by atoms with E-state index < -0.39 is 34.3 Å². The van der Waals surface area contributed by atoms with E-state index in [-0.39, 0.29) is 25.4 Å². The van der Waals surface area contributed by atoms with E-state index in [1.807, 2.05) is 0 Å². The van der Waals surface area contributed by atoms with E-state index in [2.05, 4.69) is 9.82 Å². The Bertz CT molecular complexity index is 887. The van der Waals surface area contributed by atoms with E-state index in [9.17, 15) is 22.0 Å². The van der Waals surface area contributed by atoms with Crippen LogP contribution in [-0.2, 0) is 14.8 Å². The summed E-state index contributed by atoms with van der Waals surface area (Å²) in [6.07, 6.45) is 1.28. The van der Waals surface area contributed by atoms with Gasteiger partial charge in [-0.1, -0.05) is 0 Å². The minimum absolute atomic E-state index is 0.0136. The van der Waals surface area contributed by atoms with Gasteiger partial charge in [0.15, 0.2) is 0 Å². The molecule has 2 unspecified atom stereocenters. The average molecular weight is 429 g/mol. The maximum absolute atomic E-state index is 13.8. The average Bonchev–Trinajstić information content (AvgIpc) is 2.63. The lowest BCUT2D eigenvalue weighted by atomic mass is 9.83. The molecule has 1 heterocycles. The summed E-state index contributed by atoms with van der Waals surface area (Å²) < 4.78 is 58.9. The predicted molar refractivity (Wildman–Crippen MR) is 105 cm³/mol. The highest BCUT2D eigenvalue weighted by Crippen LogP contribution is 2.37. The van der Waals surface area contributed by atoms with Gasteiger partial charge in [0.05, 0.1) is 18.6 Å². The number of ether oxygens (including phenoxy) is 1. The van der Waals surface area contributed by atoms with Crippen LogP contribution in [0.3, 0.4) is 0 Å². The number of halogens is 2. The molecule has 0 bridgehead atoms. The monoisotopic (exact) mass is 429 g/mol. The molecule has 0 saturated heterocycles. The number of carbonyl (C=O) groups excluding carboxylic acids is 1. The van der Waals surface area contributed by atoms with Crippen LogP contribution in [0.5, 0.6) is 5.75 Å². The molecule has 1 aromatic carbocycles. The zero-order valence-corrected chi connectivity index (χ0v) is 17.2. The molecule has 1 aliphatic heterocycles. The highest BCUT2D eigenvalue weighted by Gasteiger charge is 2.42. The van der Waals surface area contributed by atoms with Gasteiger partial charge < -0.3 is 4.74 Å². The SMILES string of the molecule is CN1N=C(c2ccc(OCC3CC(F)(F)CCC3NS(C)(=O)=O)cc2)CCC1=O. The van der Waals surface area contributed by atoms with E-state index in [0.29, 0.717) is 18.6 Å². The Hall–Kier alpha value is -2.07. The number of benzene rings is 1. The molecule has 2 aliphatic rings. The molecular weight excluding hydrogens is 404 g/mol. The van der Waals surface area contributed by atoms with E-state index in [4.69, 9.17) is 4.74 Å². The van der Waals surface area contributed by atoms with Crippen molar-refractivity contribution in [3.05, 3.63) is 29.8 Å². The van der Waals surface area contributed by atoms with Crippen LogP contribution >= 0.6 is 0 Å². The summed E-state index contributed by atoms with van der Waals surface area (Å²) in [5, 5.41) is 5.57. The molecule has 7 nitrogen and oxygen atoms in total. The summed E-state index contributed by atoms with van der Waals surface area (Å²) in [6.45, 7) is -0.0136. The fraction of sp³-hybridized carbons (Fsp3) is 0.579. The molecule has 3 rings (SSSR count). The van der Waals surface area contributed by atoms with Gasteiger partial charge in [-0.25, -0.2) is 26.9 Å². The quantitative estimate of drug-likeness (QED) is 0.752. The smallest absolute Gasteiger partial charge is 0.248 e. The number of hydrazone groups is 1. The Morgan fingerprint density at radius 1 is 1.28 bits per heavy atom. The second-order valence-corrected chi connectivity index (χ2v) is 9.43. The number of sulfonamides is 1. The fourth-order valence-electron chi connectivity index (χ4n) is 3.66. The van der Waals surface area contributed by atoms with Gasteiger partial charge in [-0.2, -0.15) is 5.10 Å². The number of alkyl halides is 2. The third-order valence-electron chi connectivity index (χ3n) is 5.18. The highest BCUT2D eigenvalue weighted by molar-refractivity contribution is 7.88. The summed E-state index contributed by atoms with van der Waals surface area (Å²) >= 11 is 0. The third-order valence-corrected chi connectivity index (χ3v) is 5.91. The summed E-state index contributed by atoms with van der Waals surface area (Å²) in [7, 11) is -1.88. The number of nitrogens with one attached hydrogen (secondary N) is 1. The molecule has 2 atom stereocenters. The Balaban J connectivity index is 1.64. The minimum Gasteiger partial charge on any atom is -0.493 e. The van der Waals surface area contributed by atoms with Crippen molar-refractivity contribution in [3.8, 4) is 5.75 Å². The van der Waals surface area contributed by atoms with Crippen molar-refractivity contribution < 1.29 is 26.7 Å². The third kappa shape index (κ3) is 5.96. The van der Waals surface area contributed by atoms with Crippen LogP contribution in [-0.4, -0.2) is 56.9 Å². The molecule has 1 aliphatic carbocycles. The van der Waals surface area contributed by atoms with E-state index in [1.54, 1.807) is 31.3 Å². The van der Waals surface area contributed by atoms with Gasteiger partial charge in [-0.3, -0.25) is 4.79 Å². The zero-order valence-electron chi connectivity index (χ0n) is 16.4. The van der Waals surface area contributed by atoms with Crippen LogP contribution in [0, 0.1) is 5.92 Å². The van der Waals surface area contributed by atoms with Crippen LogP contribution in [0.15, 0.2) is 29.4 Å². The van der Waals surface area contributed by atoms with Crippen LogP contribution in [0.1, 0.15) is 37.7 Å². The van der Waals surface area contributed by atoms with Gasteiger partial charge in [0, 0.05) is 44.7 Å². The molecule has 29 heavy (non-hydrogen) atoms. The van der Waals surface area contributed by atoms with Gasteiger partial charge in [0.1, 0.15) is 5.75 Å². The van der Waals surface area contributed by atoms with E-state index >= 15 is 0 Å². The molecule has 10 heteroatoms. The standard InChI is InChI=1S/C19H25F2N3O4S/c1-24-18(25)8-7-16(22-24)13-3-5-15(6-4-13)28-12-14-11-19(20,21)10-9-17(14)23-29(2,26)27/h3-6,14,17,23H,7-12H2,1-2H3. The molecule has 0 aromatic heterocycles. The van der Waals surface area contributed by atoms with E-state index in [0.717, 1.165) is 17.5 Å². The Morgan fingerprint density at radius 3 is 2.59 bits per heavy atom. The molecular formula is C19H25F2N3O4S.